The number of aryl methyl sites for hydroxylation is 1. The number of amides is 1. The van der Waals surface area contributed by atoms with Gasteiger partial charge in [0.1, 0.15) is 0 Å². The molecule has 1 aliphatic rings. The summed E-state index contributed by atoms with van der Waals surface area (Å²) in [5.74, 6) is 1.36. The molecule has 1 aromatic carbocycles. The van der Waals surface area contributed by atoms with Gasteiger partial charge in [-0.3, -0.25) is 9.48 Å². The van der Waals surface area contributed by atoms with Crippen molar-refractivity contribution >= 4 is 15.7 Å². The Balaban J connectivity index is 1.66. The van der Waals surface area contributed by atoms with Gasteiger partial charge in [0.05, 0.1) is 43.0 Å². The van der Waals surface area contributed by atoms with E-state index < -0.39 is 9.84 Å². The lowest BCUT2D eigenvalue weighted by Crippen LogP contribution is -2.27. The van der Waals surface area contributed by atoms with Gasteiger partial charge in [-0.25, -0.2) is 8.42 Å². The molecule has 2 heterocycles. The van der Waals surface area contributed by atoms with Crippen molar-refractivity contribution in [2.24, 2.45) is 0 Å². The fraction of sp³-hybridized carbons (Fsp3) is 0.500. The van der Waals surface area contributed by atoms with Crippen LogP contribution in [0.1, 0.15) is 39.8 Å². The van der Waals surface area contributed by atoms with Crippen molar-refractivity contribution in [1.29, 1.82) is 0 Å². The lowest BCUT2D eigenvalue weighted by atomic mass is 10.1. The quantitative estimate of drug-likeness (QED) is 0.732. The molecule has 158 valence electrons. The molecule has 0 aliphatic carbocycles. The monoisotopic (exact) mass is 421 g/mol. The van der Waals surface area contributed by atoms with Gasteiger partial charge < -0.3 is 14.8 Å². The summed E-state index contributed by atoms with van der Waals surface area (Å²) in [6.45, 7) is 4.04. The van der Waals surface area contributed by atoms with E-state index in [-0.39, 0.29) is 23.5 Å². The number of carbonyl (C=O) groups is 1. The Hall–Kier alpha value is -2.55. The molecule has 0 unspecified atom stereocenters. The zero-order valence-corrected chi connectivity index (χ0v) is 18.0. The van der Waals surface area contributed by atoms with Crippen LogP contribution in [0.5, 0.6) is 11.5 Å². The molecular formula is C20H27N3O5S. The van der Waals surface area contributed by atoms with E-state index in [1.165, 1.54) is 0 Å². The van der Waals surface area contributed by atoms with Crippen molar-refractivity contribution in [2.75, 3.05) is 32.3 Å². The van der Waals surface area contributed by atoms with Crippen LogP contribution in [0.2, 0.25) is 0 Å². The normalized spacial score (nSPS) is 17.9. The van der Waals surface area contributed by atoms with Crippen LogP contribution >= 0.6 is 0 Å². The molecule has 1 N–H and O–H groups in total. The largest absolute Gasteiger partial charge is 0.493 e. The van der Waals surface area contributed by atoms with E-state index in [1.807, 2.05) is 25.1 Å². The highest BCUT2D eigenvalue weighted by molar-refractivity contribution is 7.91. The second-order valence-electron chi connectivity index (χ2n) is 7.24. The van der Waals surface area contributed by atoms with E-state index in [0.717, 1.165) is 5.56 Å². The Morgan fingerprint density at radius 1 is 1.24 bits per heavy atom. The first-order valence-electron chi connectivity index (χ1n) is 9.51. The third-order valence-corrected chi connectivity index (χ3v) is 7.00. The molecule has 1 saturated heterocycles. The summed E-state index contributed by atoms with van der Waals surface area (Å²) >= 11 is 0. The lowest BCUT2D eigenvalue weighted by molar-refractivity contribution is 0.0952. The highest BCUT2D eigenvalue weighted by atomic mass is 32.2. The summed E-state index contributed by atoms with van der Waals surface area (Å²) in [6.07, 6.45) is 1.17. The Kier molecular flexibility index (Phi) is 6.16. The number of rotatable bonds is 7. The number of benzene rings is 1. The number of hydrogen-bond donors (Lipinski definition) is 1. The molecule has 1 aromatic heterocycles. The number of ether oxygens (including phenoxy) is 2. The van der Waals surface area contributed by atoms with Gasteiger partial charge in [-0.15, -0.1) is 0 Å². The molecule has 1 aliphatic heterocycles. The molecule has 0 bridgehead atoms. The third kappa shape index (κ3) is 4.55. The summed E-state index contributed by atoms with van der Waals surface area (Å²) in [4.78, 5) is 12.7. The Morgan fingerprint density at radius 3 is 2.59 bits per heavy atom. The first-order chi connectivity index (χ1) is 13.8. The Bertz CT molecular complexity index is 1010. The van der Waals surface area contributed by atoms with Gasteiger partial charge in [-0.05, 0) is 44.4 Å². The van der Waals surface area contributed by atoms with Crippen molar-refractivity contribution in [3.8, 4) is 11.5 Å². The predicted octanol–water partition coefficient (Wildman–Crippen LogP) is 1.85. The average molecular weight is 422 g/mol. The highest BCUT2D eigenvalue weighted by Crippen LogP contribution is 2.28. The molecule has 0 radical (unpaired) electrons. The Morgan fingerprint density at radius 2 is 1.97 bits per heavy atom. The molecular weight excluding hydrogens is 394 g/mol. The number of sulfone groups is 1. The maximum atomic E-state index is 12.7. The number of methoxy groups -OCH3 is 2. The van der Waals surface area contributed by atoms with Gasteiger partial charge in [0.2, 0.25) is 0 Å². The molecule has 8 nitrogen and oxygen atoms in total. The molecule has 1 atom stereocenters. The third-order valence-electron chi connectivity index (χ3n) is 5.25. The van der Waals surface area contributed by atoms with Gasteiger partial charge in [0.25, 0.3) is 5.91 Å². The van der Waals surface area contributed by atoms with E-state index in [4.69, 9.17) is 9.47 Å². The van der Waals surface area contributed by atoms with Gasteiger partial charge in [-0.1, -0.05) is 6.07 Å². The minimum absolute atomic E-state index is 0.0787. The van der Waals surface area contributed by atoms with Crippen molar-refractivity contribution in [1.82, 2.24) is 15.1 Å². The summed E-state index contributed by atoms with van der Waals surface area (Å²) < 4.78 is 35.8. The first-order valence-corrected chi connectivity index (χ1v) is 11.3. The van der Waals surface area contributed by atoms with Crippen molar-refractivity contribution in [3.05, 3.63) is 40.7 Å². The maximum Gasteiger partial charge on any atom is 0.255 e. The highest BCUT2D eigenvalue weighted by Gasteiger charge is 2.32. The molecule has 1 amide bonds. The zero-order valence-electron chi connectivity index (χ0n) is 17.2. The van der Waals surface area contributed by atoms with Crippen molar-refractivity contribution in [2.45, 2.75) is 32.7 Å². The Labute approximate surface area is 171 Å². The van der Waals surface area contributed by atoms with Crippen LogP contribution in [0.4, 0.5) is 0 Å². The number of nitrogens with one attached hydrogen (secondary N) is 1. The molecule has 3 rings (SSSR count). The van der Waals surface area contributed by atoms with Crippen molar-refractivity contribution < 1.29 is 22.7 Å². The van der Waals surface area contributed by atoms with Crippen LogP contribution in [0.3, 0.4) is 0 Å². The van der Waals surface area contributed by atoms with E-state index in [0.29, 0.717) is 47.8 Å². The number of nitrogens with zero attached hydrogens (tertiary/aromatic N) is 2. The second-order valence-corrected chi connectivity index (χ2v) is 9.47. The zero-order chi connectivity index (χ0) is 21.2. The van der Waals surface area contributed by atoms with Gasteiger partial charge in [-0.2, -0.15) is 5.10 Å². The second kappa shape index (κ2) is 8.44. The summed E-state index contributed by atoms with van der Waals surface area (Å²) in [5.41, 5.74) is 2.84. The fourth-order valence-electron chi connectivity index (χ4n) is 3.76. The van der Waals surface area contributed by atoms with Crippen LogP contribution in [-0.4, -0.2) is 56.4 Å². The maximum absolute atomic E-state index is 12.7. The van der Waals surface area contributed by atoms with E-state index in [9.17, 15) is 13.2 Å². The van der Waals surface area contributed by atoms with E-state index in [1.54, 1.807) is 25.8 Å². The lowest BCUT2D eigenvalue weighted by Gasteiger charge is -2.12. The van der Waals surface area contributed by atoms with E-state index in [2.05, 4.69) is 10.4 Å². The van der Waals surface area contributed by atoms with Crippen LogP contribution in [0.25, 0.3) is 0 Å². The predicted molar refractivity (Wildman–Crippen MR) is 110 cm³/mol. The molecule has 2 aromatic rings. The minimum Gasteiger partial charge on any atom is -0.493 e. The molecule has 9 heteroatoms. The first kappa shape index (κ1) is 21.2. The summed E-state index contributed by atoms with van der Waals surface area (Å²) in [7, 11) is 0.152. The van der Waals surface area contributed by atoms with Crippen LogP contribution < -0.4 is 14.8 Å². The van der Waals surface area contributed by atoms with Crippen LogP contribution in [-0.2, 0) is 16.3 Å². The summed E-state index contributed by atoms with van der Waals surface area (Å²) in [5, 5.41) is 7.38. The molecule has 29 heavy (non-hydrogen) atoms. The number of aromatic nitrogens is 2. The minimum atomic E-state index is -3.02. The number of carbonyl (C=O) groups excluding carboxylic acids is 1. The molecule has 0 spiro atoms. The number of hydrogen-bond acceptors (Lipinski definition) is 6. The standard InChI is InChI=1S/C20H27N3O5S/c1-13-19(14(2)23(22-13)16-8-10-29(25,26)12-16)20(24)21-9-7-15-5-6-17(27-3)18(11-15)28-4/h5-6,11,16H,7-10,12H2,1-4H3,(H,21,24)/t16-/m1/s1. The fourth-order valence-corrected chi connectivity index (χ4v) is 5.45. The van der Waals surface area contributed by atoms with Gasteiger partial charge in [0.15, 0.2) is 21.3 Å². The van der Waals surface area contributed by atoms with Gasteiger partial charge >= 0.3 is 0 Å². The van der Waals surface area contributed by atoms with Crippen LogP contribution in [0.15, 0.2) is 18.2 Å². The van der Waals surface area contributed by atoms with Crippen molar-refractivity contribution in [3.63, 3.8) is 0 Å². The molecule has 1 fully saturated rings. The average Bonchev–Trinajstić information content (AvgIpc) is 3.19. The van der Waals surface area contributed by atoms with Gasteiger partial charge in [0, 0.05) is 12.2 Å². The van der Waals surface area contributed by atoms with E-state index >= 15 is 0 Å². The SMILES string of the molecule is COc1ccc(CCNC(=O)c2c(C)nn([C@@H]3CCS(=O)(=O)C3)c2C)cc1OC. The summed E-state index contributed by atoms with van der Waals surface area (Å²) in [6, 6.07) is 5.46. The smallest absolute Gasteiger partial charge is 0.255 e. The topological polar surface area (TPSA) is 99.5 Å². The van der Waals surface area contributed by atoms with Crippen LogP contribution in [0, 0.1) is 13.8 Å². The molecule has 0 saturated carbocycles.